The van der Waals surface area contributed by atoms with Gasteiger partial charge in [0, 0.05) is 26.7 Å². The van der Waals surface area contributed by atoms with E-state index in [1.54, 1.807) is 26.2 Å². The number of carbonyl (C=O) groups is 2. The van der Waals surface area contributed by atoms with Gasteiger partial charge in [0.2, 0.25) is 5.91 Å². The molecular weight excluding hydrogens is 366 g/mol. The van der Waals surface area contributed by atoms with Gasteiger partial charge in [-0.05, 0) is 37.3 Å². The minimum atomic E-state index is -3.83. The number of hydrogen-bond donors (Lipinski definition) is 1. The summed E-state index contributed by atoms with van der Waals surface area (Å²) in [6, 6.07) is 12.8. The molecule has 0 radical (unpaired) electrons. The number of benzene rings is 2. The van der Waals surface area contributed by atoms with Gasteiger partial charge in [-0.2, -0.15) is 0 Å². The Morgan fingerprint density at radius 3 is 2.22 bits per heavy atom. The maximum absolute atomic E-state index is 12.9. The lowest BCUT2D eigenvalue weighted by atomic mass is 10.2. The van der Waals surface area contributed by atoms with E-state index < -0.39 is 15.9 Å². The molecule has 2 amide bonds. The Kier molecular flexibility index (Phi) is 6.22. The van der Waals surface area contributed by atoms with Gasteiger partial charge in [-0.15, -0.1) is 0 Å². The molecule has 0 bridgehead atoms. The van der Waals surface area contributed by atoms with Crippen molar-refractivity contribution in [2.24, 2.45) is 0 Å². The number of carbonyl (C=O) groups excluding carboxylic acids is 2. The largest absolute Gasteiger partial charge is 0.347 e. The van der Waals surface area contributed by atoms with Crippen LogP contribution in [0.3, 0.4) is 0 Å². The highest BCUT2D eigenvalue weighted by Crippen LogP contribution is 2.23. The van der Waals surface area contributed by atoms with Gasteiger partial charge in [0.25, 0.3) is 15.9 Å². The van der Waals surface area contributed by atoms with Gasteiger partial charge in [0.1, 0.15) is 0 Å². The van der Waals surface area contributed by atoms with Crippen molar-refractivity contribution in [1.82, 2.24) is 10.2 Å². The van der Waals surface area contributed by atoms with Crippen molar-refractivity contribution in [1.29, 1.82) is 0 Å². The molecular formula is C19H23N3O4S. The number of nitrogens with zero attached hydrogens (tertiary/aromatic N) is 2. The minimum Gasteiger partial charge on any atom is -0.347 e. The van der Waals surface area contributed by atoms with Crippen LogP contribution in [0.4, 0.5) is 5.69 Å². The molecule has 0 saturated carbocycles. The quantitative estimate of drug-likeness (QED) is 0.814. The second kappa shape index (κ2) is 8.22. The number of amides is 2. The molecule has 2 aromatic rings. The third-order valence-electron chi connectivity index (χ3n) is 4.05. The minimum absolute atomic E-state index is 0.00263. The highest BCUT2D eigenvalue weighted by Gasteiger charge is 2.22. The van der Waals surface area contributed by atoms with Crippen LogP contribution in [0.5, 0.6) is 0 Å². The lowest BCUT2D eigenvalue weighted by Crippen LogP contribution is -2.36. The van der Waals surface area contributed by atoms with Crippen LogP contribution in [-0.2, 0) is 14.8 Å². The summed E-state index contributed by atoms with van der Waals surface area (Å²) in [4.78, 5) is 25.2. The Morgan fingerprint density at radius 2 is 1.63 bits per heavy atom. The number of aryl methyl sites for hydroxylation is 1. The monoisotopic (exact) mass is 389 g/mol. The highest BCUT2D eigenvalue weighted by atomic mass is 32.2. The molecule has 0 aromatic heterocycles. The third kappa shape index (κ3) is 4.85. The summed E-state index contributed by atoms with van der Waals surface area (Å²) < 4.78 is 26.9. The van der Waals surface area contributed by atoms with Crippen molar-refractivity contribution in [2.75, 3.05) is 32.0 Å². The Balaban J connectivity index is 2.23. The maximum Gasteiger partial charge on any atom is 0.264 e. The Morgan fingerprint density at radius 1 is 1.00 bits per heavy atom. The average Bonchev–Trinajstić information content (AvgIpc) is 2.65. The smallest absolute Gasteiger partial charge is 0.264 e. The lowest BCUT2D eigenvalue weighted by molar-refractivity contribution is -0.127. The van der Waals surface area contributed by atoms with E-state index in [1.807, 2.05) is 19.1 Å². The van der Waals surface area contributed by atoms with Crippen molar-refractivity contribution in [2.45, 2.75) is 11.8 Å². The zero-order valence-corrected chi connectivity index (χ0v) is 16.6. The first kappa shape index (κ1) is 20.4. The van der Waals surface area contributed by atoms with Crippen LogP contribution in [0.15, 0.2) is 53.4 Å². The summed E-state index contributed by atoms with van der Waals surface area (Å²) in [5, 5.41) is 2.49. The van der Waals surface area contributed by atoms with Crippen molar-refractivity contribution in [3.05, 3.63) is 59.7 Å². The zero-order chi connectivity index (χ0) is 20.2. The van der Waals surface area contributed by atoms with E-state index in [0.717, 1.165) is 5.56 Å². The van der Waals surface area contributed by atoms with E-state index in [2.05, 4.69) is 5.32 Å². The number of nitrogens with one attached hydrogen (secondary N) is 1. The van der Waals surface area contributed by atoms with E-state index in [0.29, 0.717) is 5.69 Å². The molecule has 7 nitrogen and oxygen atoms in total. The number of likely N-dealkylation sites (N-methyl/N-ethyl adjacent to an activating group) is 1. The molecule has 0 aliphatic carbocycles. The molecule has 8 heteroatoms. The number of rotatable bonds is 6. The van der Waals surface area contributed by atoms with Crippen LogP contribution in [-0.4, -0.2) is 52.8 Å². The molecule has 144 valence electrons. The van der Waals surface area contributed by atoms with E-state index in [9.17, 15) is 18.0 Å². The molecule has 2 aromatic carbocycles. The van der Waals surface area contributed by atoms with Crippen LogP contribution in [0.25, 0.3) is 0 Å². The van der Waals surface area contributed by atoms with Gasteiger partial charge in [0.05, 0.1) is 17.1 Å². The van der Waals surface area contributed by atoms with Crippen molar-refractivity contribution in [3.63, 3.8) is 0 Å². The third-order valence-corrected chi connectivity index (χ3v) is 5.83. The molecule has 0 aliphatic rings. The lowest BCUT2D eigenvalue weighted by Gasteiger charge is -2.20. The van der Waals surface area contributed by atoms with Gasteiger partial charge in [0.15, 0.2) is 0 Å². The van der Waals surface area contributed by atoms with Gasteiger partial charge < -0.3 is 10.2 Å². The Bertz CT molecular complexity index is 938. The van der Waals surface area contributed by atoms with Crippen LogP contribution in [0, 0.1) is 6.92 Å². The topological polar surface area (TPSA) is 86.8 Å². The van der Waals surface area contributed by atoms with Gasteiger partial charge in [-0.3, -0.25) is 13.9 Å². The summed E-state index contributed by atoms with van der Waals surface area (Å²) in [5.41, 5.74) is 1.71. The van der Waals surface area contributed by atoms with Crippen molar-refractivity contribution >= 4 is 27.5 Å². The molecule has 0 saturated heterocycles. The predicted molar refractivity (Wildman–Crippen MR) is 104 cm³/mol. The standard InChI is InChI=1S/C19H23N3O4S/c1-14-8-10-16(11-9-14)22(4)27(25,26)17-7-5-6-15(12-17)19(24)20-13-18(23)21(2)3/h5-12H,13H2,1-4H3,(H,20,24). The van der Waals surface area contributed by atoms with Gasteiger partial charge in [-0.1, -0.05) is 23.8 Å². The molecule has 0 spiro atoms. The first-order valence-corrected chi connectivity index (χ1v) is 9.71. The SMILES string of the molecule is Cc1ccc(N(C)S(=O)(=O)c2cccc(C(=O)NCC(=O)N(C)C)c2)cc1. The average molecular weight is 389 g/mol. The highest BCUT2D eigenvalue weighted by molar-refractivity contribution is 7.92. The van der Waals surface area contributed by atoms with E-state index in [-0.39, 0.29) is 22.9 Å². The summed E-state index contributed by atoms with van der Waals surface area (Å²) in [5.74, 6) is -0.772. The molecule has 0 fully saturated rings. The molecule has 0 aliphatic heterocycles. The van der Waals surface area contributed by atoms with Crippen molar-refractivity contribution in [3.8, 4) is 0 Å². The molecule has 2 rings (SSSR count). The second-order valence-electron chi connectivity index (χ2n) is 6.31. The second-order valence-corrected chi connectivity index (χ2v) is 8.28. The fourth-order valence-corrected chi connectivity index (χ4v) is 3.51. The molecule has 1 N–H and O–H groups in total. The molecule has 0 heterocycles. The summed E-state index contributed by atoms with van der Waals surface area (Å²) in [6.07, 6.45) is 0. The fraction of sp³-hybridized carbons (Fsp3) is 0.263. The van der Waals surface area contributed by atoms with Gasteiger partial charge in [-0.25, -0.2) is 8.42 Å². The fourth-order valence-electron chi connectivity index (χ4n) is 2.27. The van der Waals surface area contributed by atoms with Crippen molar-refractivity contribution < 1.29 is 18.0 Å². The summed E-state index contributed by atoms with van der Waals surface area (Å²) in [6.45, 7) is 1.76. The van der Waals surface area contributed by atoms with E-state index in [1.165, 1.54) is 40.5 Å². The Hall–Kier alpha value is -2.87. The van der Waals surface area contributed by atoms with Gasteiger partial charge >= 0.3 is 0 Å². The normalized spacial score (nSPS) is 11.0. The maximum atomic E-state index is 12.9. The number of sulfonamides is 1. The molecule has 0 atom stereocenters. The van der Waals surface area contributed by atoms with Crippen LogP contribution < -0.4 is 9.62 Å². The number of hydrogen-bond acceptors (Lipinski definition) is 4. The first-order chi connectivity index (χ1) is 12.6. The summed E-state index contributed by atoms with van der Waals surface area (Å²) in [7, 11) is 0.805. The molecule has 0 unspecified atom stereocenters. The molecule has 27 heavy (non-hydrogen) atoms. The van der Waals surface area contributed by atoms with Crippen LogP contribution >= 0.6 is 0 Å². The van der Waals surface area contributed by atoms with Crippen LogP contribution in [0.1, 0.15) is 15.9 Å². The number of anilines is 1. The van der Waals surface area contributed by atoms with E-state index in [4.69, 9.17) is 0 Å². The summed E-state index contributed by atoms with van der Waals surface area (Å²) >= 11 is 0. The van der Waals surface area contributed by atoms with E-state index >= 15 is 0 Å². The predicted octanol–water partition coefficient (Wildman–Crippen LogP) is 1.64. The first-order valence-electron chi connectivity index (χ1n) is 8.27. The van der Waals surface area contributed by atoms with Crippen LogP contribution in [0.2, 0.25) is 0 Å². The zero-order valence-electron chi connectivity index (χ0n) is 15.8. The Labute approximate surface area is 159 Å².